The van der Waals surface area contributed by atoms with Crippen molar-refractivity contribution in [2.45, 2.75) is 25.9 Å². The molecule has 0 spiro atoms. The van der Waals surface area contributed by atoms with E-state index in [1.807, 2.05) is 11.8 Å². The summed E-state index contributed by atoms with van der Waals surface area (Å²) in [7, 11) is 0. The van der Waals surface area contributed by atoms with Crippen molar-refractivity contribution in [2.24, 2.45) is 5.92 Å². The van der Waals surface area contributed by atoms with Gasteiger partial charge in [-0.3, -0.25) is 9.59 Å². The fourth-order valence-electron chi connectivity index (χ4n) is 2.71. The van der Waals surface area contributed by atoms with Crippen LogP contribution in [0.2, 0.25) is 0 Å². The molecule has 0 aliphatic carbocycles. The van der Waals surface area contributed by atoms with Crippen molar-refractivity contribution in [3.8, 4) is 0 Å². The molecule has 0 bridgehead atoms. The third-order valence-electron chi connectivity index (χ3n) is 4.09. The normalized spacial score (nSPS) is 23.6. The van der Waals surface area contributed by atoms with Crippen molar-refractivity contribution in [2.75, 3.05) is 39.3 Å². The van der Waals surface area contributed by atoms with E-state index >= 15 is 0 Å². The lowest BCUT2D eigenvalue weighted by molar-refractivity contribution is -0.142. The van der Waals surface area contributed by atoms with Gasteiger partial charge in [-0.1, -0.05) is 0 Å². The highest BCUT2D eigenvalue weighted by atomic mass is 16.3. The molecule has 0 aromatic rings. The van der Waals surface area contributed by atoms with Crippen LogP contribution in [0.1, 0.15) is 19.8 Å². The van der Waals surface area contributed by atoms with Crippen molar-refractivity contribution in [1.29, 1.82) is 0 Å². The number of hydrogen-bond donors (Lipinski definition) is 2. The van der Waals surface area contributed by atoms with Gasteiger partial charge < -0.3 is 20.2 Å². The molecule has 1 atom stereocenters. The molecular weight excluding hydrogens is 246 g/mol. The Bertz CT molecular complexity index is 338. The molecular formula is C13H23N3O3. The summed E-state index contributed by atoms with van der Waals surface area (Å²) in [6, 6.07) is 0. The second kappa shape index (κ2) is 6.34. The molecule has 2 aliphatic heterocycles. The molecule has 2 aliphatic rings. The number of likely N-dealkylation sites (tertiary alicyclic amines) is 1. The summed E-state index contributed by atoms with van der Waals surface area (Å²) in [5, 5.41) is 12.5. The number of nitrogens with one attached hydrogen (secondary N) is 1. The predicted octanol–water partition coefficient (Wildman–Crippen LogP) is -0.962. The van der Waals surface area contributed by atoms with E-state index in [2.05, 4.69) is 5.32 Å². The highest BCUT2D eigenvalue weighted by Gasteiger charge is 2.27. The number of amides is 2. The molecule has 108 valence electrons. The van der Waals surface area contributed by atoms with Gasteiger partial charge in [0.15, 0.2) is 0 Å². The van der Waals surface area contributed by atoms with Crippen LogP contribution >= 0.6 is 0 Å². The fraction of sp³-hybridized carbons (Fsp3) is 0.846. The van der Waals surface area contributed by atoms with Crippen LogP contribution in [-0.2, 0) is 9.59 Å². The molecule has 0 aromatic heterocycles. The van der Waals surface area contributed by atoms with Gasteiger partial charge in [0, 0.05) is 26.2 Å². The average Bonchev–Trinajstić information content (AvgIpc) is 2.41. The van der Waals surface area contributed by atoms with Gasteiger partial charge in [-0.05, 0) is 25.7 Å². The Balaban J connectivity index is 1.79. The van der Waals surface area contributed by atoms with Crippen LogP contribution in [-0.4, -0.2) is 72.1 Å². The van der Waals surface area contributed by atoms with Crippen molar-refractivity contribution in [3.63, 3.8) is 0 Å². The Morgan fingerprint density at radius 1 is 1.42 bits per heavy atom. The maximum Gasteiger partial charge on any atom is 0.242 e. The zero-order valence-corrected chi connectivity index (χ0v) is 11.5. The van der Waals surface area contributed by atoms with E-state index in [4.69, 9.17) is 0 Å². The number of carbonyl (C=O) groups is 2. The zero-order chi connectivity index (χ0) is 13.8. The van der Waals surface area contributed by atoms with E-state index < -0.39 is 0 Å². The fourth-order valence-corrected chi connectivity index (χ4v) is 2.71. The minimum absolute atomic E-state index is 0.00142. The second-order valence-electron chi connectivity index (χ2n) is 5.45. The number of piperazine rings is 1. The van der Waals surface area contributed by atoms with Crippen LogP contribution in [0.15, 0.2) is 0 Å². The molecule has 0 aromatic carbocycles. The minimum atomic E-state index is -0.299. The Morgan fingerprint density at radius 3 is 2.68 bits per heavy atom. The molecule has 2 saturated heterocycles. The van der Waals surface area contributed by atoms with Gasteiger partial charge in [0.05, 0.1) is 19.2 Å². The van der Waals surface area contributed by atoms with E-state index in [0.717, 1.165) is 19.4 Å². The molecule has 0 radical (unpaired) electrons. The average molecular weight is 269 g/mol. The van der Waals surface area contributed by atoms with Crippen molar-refractivity contribution >= 4 is 11.8 Å². The minimum Gasteiger partial charge on any atom is -0.393 e. The van der Waals surface area contributed by atoms with Gasteiger partial charge in [-0.15, -0.1) is 0 Å². The van der Waals surface area contributed by atoms with Gasteiger partial charge in [0.2, 0.25) is 11.8 Å². The summed E-state index contributed by atoms with van der Waals surface area (Å²) in [5.74, 6) is 0.322. The second-order valence-corrected chi connectivity index (χ2v) is 5.45. The van der Waals surface area contributed by atoms with E-state index in [9.17, 15) is 14.7 Å². The summed E-state index contributed by atoms with van der Waals surface area (Å²) >= 11 is 0. The first-order chi connectivity index (χ1) is 9.08. The molecule has 0 unspecified atom stereocenters. The topological polar surface area (TPSA) is 72.9 Å². The standard InChI is InChI=1S/C13H23N3O3/c1-10(17)11-2-5-15(6-3-11)13(19)9-16-7-4-14-8-12(16)18/h10-11,14,17H,2-9H2,1H3/t10-/m1/s1. The maximum atomic E-state index is 12.1. The van der Waals surface area contributed by atoms with Crippen LogP contribution in [0.4, 0.5) is 0 Å². The maximum absolute atomic E-state index is 12.1. The van der Waals surface area contributed by atoms with E-state index in [1.165, 1.54) is 0 Å². The number of carbonyl (C=O) groups excluding carboxylic acids is 2. The number of aliphatic hydroxyl groups excluding tert-OH is 1. The summed E-state index contributed by atoms with van der Waals surface area (Å²) < 4.78 is 0. The third-order valence-corrected chi connectivity index (χ3v) is 4.09. The molecule has 0 saturated carbocycles. The van der Waals surface area contributed by atoms with Gasteiger partial charge in [0.1, 0.15) is 0 Å². The Morgan fingerprint density at radius 2 is 2.11 bits per heavy atom. The summed E-state index contributed by atoms with van der Waals surface area (Å²) in [4.78, 5) is 27.2. The van der Waals surface area contributed by atoms with Crippen LogP contribution < -0.4 is 5.32 Å². The lowest BCUT2D eigenvalue weighted by Gasteiger charge is -2.35. The summed E-state index contributed by atoms with van der Waals surface area (Å²) in [6.07, 6.45) is 1.39. The number of hydrogen-bond acceptors (Lipinski definition) is 4. The van der Waals surface area contributed by atoms with Crippen molar-refractivity contribution in [3.05, 3.63) is 0 Å². The van der Waals surface area contributed by atoms with Crippen molar-refractivity contribution < 1.29 is 14.7 Å². The van der Waals surface area contributed by atoms with Gasteiger partial charge >= 0.3 is 0 Å². The molecule has 2 heterocycles. The molecule has 2 N–H and O–H groups in total. The number of piperidine rings is 1. The quantitative estimate of drug-likeness (QED) is 0.692. The van der Waals surface area contributed by atoms with Crippen LogP contribution in [0.5, 0.6) is 0 Å². The van der Waals surface area contributed by atoms with E-state index in [0.29, 0.717) is 32.1 Å². The van der Waals surface area contributed by atoms with Crippen LogP contribution in [0.3, 0.4) is 0 Å². The largest absolute Gasteiger partial charge is 0.393 e. The predicted molar refractivity (Wildman–Crippen MR) is 70.4 cm³/mol. The molecule has 2 rings (SSSR count). The Hall–Kier alpha value is -1.14. The zero-order valence-electron chi connectivity index (χ0n) is 11.5. The lowest BCUT2D eigenvalue weighted by atomic mass is 9.92. The molecule has 6 heteroatoms. The smallest absolute Gasteiger partial charge is 0.242 e. The highest BCUT2D eigenvalue weighted by Crippen LogP contribution is 2.20. The number of rotatable bonds is 3. The molecule has 2 amide bonds. The monoisotopic (exact) mass is 269 g/mol. The van der Waals surface area contributed by atoms with Gasteiger partial charge in [0.25, 0.3) is 0 Å². The van der Waals surface area contributed by atoms with Gasteiger partial charge in [-0.2, -0.15) is 0 Å². The Labute approximate surface area is 113 Å². The molecule has 2 fully saturated rings. The molecule has 19 heavy (non-hydrogen) atoms. The highest BCUT2D eigenvalue weighted by molar-refractivity contribution is 5.86. The number of aliphatic hydroxyl groups is 1. The number of nitrogens with zero attached hydrogens (tertiary/aromatic N) is 2. The summed E-state index contributed by atoms with van der Waals surface area (Å²) in [5.41, 5.74) is 0. The van der Waals surface area contributed by atoms with Crippen LogP contribution in [0, 0.1) is 5.92 Å². The van der Waals surface area contributed by atoms with Gasteiger partial charge in [-0.25, -0.2) is 0 Å². The van der Waals surface area contributed by atoms with E-state index in [1.54, 1.807) is 4.90 Å². The van der Waals surface area contributed by atoms with Crippen LogP contribution in [0.25, 0.3) is 0 Å². The molecule has 6 nitrogen and oxygen atoms in total. The first-order valence-electron chi connectivity index (χ1n) is 7.02. The SMILES string of the molecule is C[C@@H](O)C1CCN(C(=O)CN2CCNCC2=O)CC1. The third kappa shape index (κ3) is 3.67. The van der Waals surface area contributed by atoms with Crippen molar-refractivity contribution in [1.82, 2.24) is 15.1 Å². The van der Waals surface area contributed by atoms with E-state index in [-0.39, 0.29) is 24.5 Å². The first kappa shape index (κ1) is 14.3. The lowest BCUT2D eigenvalue weighted by Crippen LogP contribution is -2.52. The first-order valence-corrected chi connectivity index (χ1v) is 7.02. The summed E-state index contributed by atoms with van der Waals surface area (Å²) in [6.45, 7) is 5.07. The Kier molecular flexibility index (Phi) is 4.76.